The Hall–Kier alpha value is -2.57. The highest BCUT2D eigenvalue weighted by atomic mass is 35.5. The average molecular weight is 404 g/mol. The van der Waals surface area contributed by atoms with Gasteiger partial charge >= 0.3 is 5.97 Å². The van der Waals surface area contributed by atoms with Crippen molar-refractivity contribution in [3.05, 3.63) is 71.5 Å². The predicted molar refractivity (Wildman–Crippen MR) is 106 cm³/mol. The Morgan fingerprint density at radius 3 is 2.48 bits per heavy atom. The van der Waals surface area contributed by atoms with Gasteiger partial charge in [0.2, 0.25) is 0 Å². The number of rotatable bonds is 6. The minimum atomic E-state index is -0.515. The van der Waals surface area contributed by atoms with Gasteiger partial charge in [0.1, 0.15) is 5.82 Å². The molecule has 3 rings (SSSR count). The number of hydrogen-bond acceptors (Lipinski definition) is 4. The molecule has 0 saturated heterocycles. The van der Waals surface area contributed by atoms with Crippen LogP contribution in [0.2, 0.25) is 5.02 Å². The Morgan fingerprint density at radius 1 is 1.04 bits per heavy atom. The first kappa shape index (κ1) is 19.2. The molecule has 0 aliphatic carbocycles. The number of benzene rings is 3. The summed E-state index contributed by atoms with van der Waals surface area (Å²) in [6.07, 6.45) is 0. The van der Waals surface area contributed by atoms with Crippen molar-refractivity contribution in [3.8, 4) is 0 Å². The molecule has 0 fully saturated rings. The second kappa shape index (κ2) is 8.88. The summed E-state index contributed by atoms with van der Waals surface area (Å²) >= 11 is 7.56. The molecule has 0 heterocycles. The summed E-state index contributed by atoms with van der Waals surface area (Å²) in [5.74, 6) is -1.36. The van der Waals surface area contributed by atoms with E-state index < -0.39 is 24.3 Å². The van der Waals surface area contributed by atoms with E-state index in [9.17, 15) is 14.0 Å². The summed E-state index contributed by atoms with van der Waals surface area (Å²) in [4.78, 5) is 24.6. The molecule has 1 amide bonds. The maximum Gasteiger partial charge on any atom is 0.316 e. The van der Waals surface area contributed by atoms with Crippen LogP contribution in [0.1, 0.15) is 0 Å². The van der Waals surface area contributed by atoms with E-state index in [1.54, 1.807) is 6.07 Å². The second-order valence-electron chi connectivity index (χ2n) is 5.60. The summed E-state index contributed by atoms with van der Waals surface area (Å²) in [7, 11) is 0. The van der Waals surface area contributed by atoms with Gasteiger partial charge in [-0.15, -0.1) is 11.8 Å². The number of thioether (sulfide) groups is 1. The molecule has 0 radical (unpaired) electrons. The minimum absolute atomic E-state index is 0.0498. The fraction of sp³-hybridized carbons (Fsp3) is 0.100. The number of ether oxygens (including phenoxy) is 1. The highest BCUT2D eigenvalue weighted by molar-refractivity contribution is 8.00. The normalized spacial score (nSPS) is 10.6. The largest absolute Gasteiger partial charge is 0.455 e. The fourth-order valence-electron chi connectivity index (χ4n) is 2.44. The number of esters is 1. The number of amides is 1. The number of hydrogen-bond donors (Lipinski definition) is 1. The van der Waals surface area contributed by atoms with Crippen molar-refractivity contribution in [2.75, 3.05) is 17.7 Å². The number of halogens is 2. The summed E-state index contributed by atoms with van der Waals surface area (Å²) in [6.45, 7) is -0.410. The van der Waals surface area contributed by atoms with Crippen LogP contribution < -0.4 is 5.32 Å². The van der Waals surface area contributed by atoms with E-state index in [4.69, 9.17) is 16.3 Å². The smallest absolute Gasteiger partial charge is 0.316 e. The number of nitrogens with one attached hydrogen (secondary N) is 1. The van der Waals surface area contributed by atoms with Crippen molar-refractivity contribution >= 4 is 51.7 Å². The van der Waals surface area contributed by atoms with Gasteiger partial charge < -0.3 is 10.1 Å². The van der Waals surface area contributed by atoms with Gasteiger partial charge in [0.25, 0.3) is 5.91 Å². The van der Waals surface area contributed by atoms with E-state index >= 15 is 0 Å². The Kier molecular flexibility index (Phi) is 6.32. The van der Waals surface area contributed by atoms with Gasteiger partial charge in [-0.05, 0) is 41.8 Å². The molecule has 0 aliphatic rings. The first-order valence-electron chi connectivity index (χ1n) is 8.04. The molecule has 7 heteroatoms. The molecular weight excluding hydrogens is 389 g/mol. The van der Waals surface area contributed by atoms with Crippen LogP contribution in [-0.4, -0.2) is 24.2 Å². The average Bonchev–Trinajstić information content (AvgIpc) is 2.66. The van der Waals surface area contributed by atoms with Crippen LogP contribution in [0.3, 0.4) is 0 Å². The van der Waals surface area contributed by atoms with Crippen molar-refractivity contribution in [2.45, 2.75) is 4.90 Å². The molecule has 27 heavy (non-hydrogen) atoms. The Bertz CT molecular complexity index is 973. The Balaban J connectivity index is 1.51. The van der Waals surface area contributed by atoms with E-state index in [1.807, 2.05) is 30.3 Å². The van der Waals surface area contributed by atoms with Crippen LogP contribution >= 0.6 is 23.4 Å². The van der Waals surface area contributed by atoms with Crippen molar-refractivity contribution in [2.24, 2.45) is 0 Å². The van der Waals surface area contributed by atoms with Crippen LogP contribution in [-0.2, 0) is 14.3 Å². The molecule has 3 aromatic carbocycles. The van der Waals surface area contributed by atoms with Crippen LogP contribution in [0, 0.1) is 5.82 Å². The Labute approximate surface area is 164 Å². The van der Waals surface area contributed by atoms with Crippen molar-refractivity contribution in [3.63, 3.8) is 0 Å². The van der Waals surface area contributed by atoms with Crippen molar-refractivity contribution in [1.29, 1.82) is 0 Å². The standard InChI is InChI=1S/C20H15ClFNO3S/c21-16-5-1-3-13-4-2-6-17(20(13)16)27-12-19(25)26-11-18(24)23-15-9-7-14(22)8-10-15/h1-10H,11-12H2,(H,23,24). The molecule has 3 aromatic rings. The molecule has 0 aromatic heterocycles. The summed E-state index contributed by atoms with van der Waals surface area (Å²) < 4.78 is 17.8. The van der Waals surface area contributed by atoms with Crippen molar-refractivity contribution < 1.29 is 18.7 Å². The third kappa shape index (κ3) is 5.21. The first-order chi connectivity index (χ1) is 13.0. The zero-order chi connectivity index (χ0) is 19.2. The lowest BCUT2D eigenvalue weighted by Gasteiger charge is -2.09. The molecule has 4 nitrogen and oxygen atoms in total. The number of carbonyl (C=O) groups excluding carboxylic acids is 2. The number of fused-ring (bicyclic) bond motifs is 1. The van der Waals surface area contributed by atoms with Crippen molar-refractivity contribution in [1.82, 2.24) is 0 Å². The molecule has 0 aliphatic heterocycles. The van der Waals surface area contributed by atoms with Gasteiger partial charge in [-0.1, -0.05) is 35.9 Å². The SMILES string of the molecule is O=C(COC(=O)CSc1cccc2cccc(Cl)c12)Nc1ccc(F)cc1. The lowest BCUT2D eigenvalue weighted by Crippen LogP contribution is -2.21. The van der Waals surface area contributed by atoms with Crippen LogP contribution in [0.4, 0.5) is 10.1 Å². The van der Waals surface area contributed by atoms with E-state index in [2.05, 4.69) is 5.32 Å². The van der Waals surface area contributed by atoms with Gasteiger partial charge in [-0.3, -0.25) is 9.59 Å². The Morgan fingerprint density at radius 2 is 1.74 bits per heavy atom. The number of carbonyl (C=O) groups is 2. The monoisotopic (exact) mass is 403 g/mol. The maximum absolute atomic E-state index is 12.8. The highest BCUT2D eigenvalue weighted by Gasteiger charge is 2.11. The topological polar surface area (TPSA) is 55.4 Å². The maximum atomic E-state index is 12.8. The van der Waals surface area contributed by atoms with Gasteiger partial charge in [0, 0.05) is 21.0 Å². The minimum Gasteiger partial charge on any atom is -0.455 e. The van der Waals surface area contributed by atoms with E-state index in [-0.39, 0.29) is 5.75 Å². The van der Waals surface area contributed by atoms with Crippen LogP contribution in [0.15, 0.2) is 65.6 Å². The molecule has 0 bridgehead atoms. The lowest BCUT2D eigenvalue weighted by atomic mass is 10.1. The zero-order valence-corrected chi connectivity index (χ0v) is 15.6. The quantitative estimate of drug-likeness (QED) is 0.469. The van der Waals surface area contributed by atoms with Gasteiger partial charge in [-0.25, -0.2) is 4.39 Å². The molecule has 138 valence electrons. The third-order valence-electron chi connectivity index (χ3n) is 3.65. The van der Waals surface area contributed by atoms with E-state index in [1.165, 1.54) is 36.0 Å². The molecule has 0 unspecified atom stereocenters. The molecule has 1 N–H and O–H groups in total. The van der Waals surface area contributed by atoms with Gasteiger partial charge in [0.15, 0.2) is 6.61 Å². The van der Waals surface area contributed by atoms with E-state index in [0.717, 1.165) is 15.7 Å². The third-order valence-corrected chi connectivity index (χ3v) is 5.00. The molecule has 0 atom stereocenters. The molecule has 0 spiro atoms. The second-order valence-corrected chi connectivity index (χ2v) is 7.02. The van der Waals surface area contributed by atoms with Crippen LogP contribution in [0.25, 0.3) is 10.8 Å². The summed E-state index contributed by atoms with van der Waals surface area (Å²) in [5.41, 5.74) is 0.428. The number of anilines is 1. The first-order valence-corrected chi connectivity index (χ1v) is 9.40. The van der Waals surface area contributed by atoms with E-state index in [0.29, 0.717) is 10.7 Å². The fourth-order valence-corrected chi connectivity index (χ4v) is 3.68. The highest BCUT2D eigenvalue weighted by Crippen LogP contribution is 2.33. The molecular formula is C20H15ClFNO3S. The zero-order valence-electron chi connectivity index (χ0n) is 14.1. The predicted octanol–water partition coefficient (Wildman–Crippen LogP) is 4.91. The van der Waals surface area contributed by atoms with Gasteiger partial charge in [-0.2, -0.15) is 0 Å². The molecule has 0 saturated carbocycles. The van der Waals surface area contributed by atoms with Crippen LogP contribution in [0.5, 0.6) is 0 Å². The van der Waals surface area contributed by atoms with Gasteiger partial charge in [0.05, 0.1) is 5.75 Å². The lowest BCUT2D eigenvalue weighted by molar-refractivity contribution is -0.144. The summed E-state index contributed by atoms with van der Waals surface area (Å²) in [5, 5.41) is 5.00. The summed E-state index contributed by atoms with van der Waals surface area (Å²) in [6, 6.07) is 16.6.